The Morgan fingerprint density at radius 2 is 2.54 bits per heavy atom. The second-order valence-electron chi connectivity index (χ2n) is 2.94. The van der Waals surface area contributed by atoms with E-state index >= 15 is 0 Å². The van der Waals surface area contributed by atoms with Crippen molar-refractivity contribution in [3.05, 3.63) is 11.6 Å². The van der Waals surface area contributed by atoms with Crippen LogP contribution in [0.5, 0.6) is 0 Å². The van der Waals surface area contributed by atoms with E-state index in [-0.39, 0.29) is 11.7 Å². The molecule has 1 N–H and O–H groups in total. The van der Waals surface area contributed by atoms with Crippen LogP contribution >= 0.6 is 0 Å². The van der Waals surface area contributed by atoms with Crippen molar-refractivity contribution in [3.63, 3.8) is 0 Å². The fourth-order valence-electron chi connectivity index (χ4n) is 1.34. The smallest absolute Gasteiger partial charge is 0.332 e. The molecular weight excluding hydrogens is 170 g/mol. The molecule has 0 saturated carbocycles. The SMILES string of the molecule is N#C/C=C(/CC1CCCO1)C(=O)O. The lowest BCUT2D eigenvalue weighted by Gasteiger charge is -2.07. The van der Waals surface area contributed by atoms with Crippen LogP contribution < -0.4 is 0 Å². The van der Waals surface area contributed by atoms with Crippen LogP contribution in [0.15, 0.2) is 11.6 Å². The van der Waals surface area contributed by atoms with Crippen molar-refractivity contribution in [2.24, 2.45) is 0 Å². The first kappa shape index (κ1) is 9.75. The third kappa shape index (κ3) is 2.88. The van der Waals surface area contributed by atoms with Gasteiger partial charge in [0, 0.05) is 24.7 Å². The summed E-state index contributed by atoms with van der Waals surface area (Å²) in [6.07, 6.45) is 3.25. The maximum Gasteiger partial charge on any atom is 0.332 e. The first-order valence-corrected chi connectivity index (χ1v) is 4.17. The summed E-state index contributed by atoms with van der Waals surface area (Å²) in [5.74, 6) is -1.03. The Labute approximate surface area is 76.4 Å². The maximum absolute atomic E-state index is 10.6. The minimum absolute atomic E-state index is 0.0179. The predicted molar refractivity (Wildman–Crippen MR) is 44.9 cm³/mol. The highest BCUT2D eigenvalue weighted by Crippen LogP contribution is 2.19. The molecule has 0 radical (unpaired) electrons. The van der Waals surface area contributed by atoms with Gasteiger partial charge in [0.15, 0.2) is 0 Å². The van der Waals surface area contributed by atoms with E-state index in [2.05, 4.69) is 0 Å². The summed E-state index contributed by atoms with van der Waals surface area (Å²) in [7, 11) is 0. The van der Waals surface area contributed by atoms with Crippen LogP contribution in [-0.2, 0) is 9.53 Å². The van der Waals surface area contributed by atoms with Crippen molar-refractivity contribution in [2.75, 3.05) is 6.61 Å². The van der Waals surface area contributed by atoms with Crippen LogP contribution in [0.1, 0.15) is 19.3 Å². The second kappa shape index (κ2) is 4.63. The minimum atomic E-state index is -1.03. The Bertz CT molecular complexity index is 259. The molecule has 1 aliphatic rings. The Morgan fingerprint density at radius 3 is 3.00 bits per heavy atom. The lowest BCUT2D eigenvalue weighted by atomic mass is 10.1. The van der Waals surface area contributed by atoms with Crippen molar-refractivity contribution in [1.82, 2.24) is 0 Å². The summed E-state index contributed by atoms with van der Waals surface area (Å²) in [5, 5.41) is 17.0. The van der Waals surface area contributed by atoms with Crippen molar-refractivity contribution < 1.29 is 14.6 Å². The van der Waals surface area contributed by atoms with E-state index in [9.17, 15) is 4.79 Å². The third-order valence-electron chi connectivity index (χ3n) is 1.99. The standard InChI is InChI=1S/C9H11NO3/c10-4-3-7(9(11)12)6-8-2-1-5-13-8/h3,8H,1-2,5-6H2,(H,11,12)/b7-3-. The molecule has 4 nitrogen and oxygen atoms in total. The van der Waals surface area contributed by atoms with E-state index in [0.29, 0.717) is 13.0 Å². The number of allylic oxidation sites excluding steroid dienone is 1. The number of carboxylic acid groups (broad SMARTS) is 1. The molecule has 4 heteroatoms. The van der Waals surface area contributed by atoms with Gasteiger partial charge in [-0.1, -0.05) is 0 Å². The Morgan fingerprint density at radius 1 is 1.77 bits per heavy atom. The van der Waals surface area contributed by atoms with Gasteiger partial charge in [0.1, 0.15) is 0 Å². The predicted octanol–water partition coefficient (Wildman–Crippen LogP) is 1.09. The zero-order chi connectivity index (χ0) is 9.68. The highest BCUT2D eigenvalue weighted by atomic mass is 16.5. The summed E-state index contributed by atoms with van der Waals surface area (Å²) in [6, 6.07) is 1.72. The molecule has 0 aliphatic carbocycles. The molecule has 13 heavy (non-hydrogen) atoms. The zero-order valence-corrected chi connectivity index (χ0v) is 7.19. The van der Waals surface area contributed by atoms with Crippen LogP contribution in [0.3, 0.4) is 0 Å². The number of carboxylic acids is 1. The highest BCUT2D eigenvalue weighted by Gasteiger charge is 2.19. The normalized spacial score (nSPS) is 22.7. The number of nitrogens with zero attached hydrogens (tertiary/aromatic N) is 1. The average molecular weight is 181 g/mol. The van der Waals surface area contributed by atoms with Gasteiger partial charge in [0.05, 0.1) is 12.2 Å². The van der Waals surface area contributed by atoms with Crippen LogP contribution in [0.2, 0.25) is 0 Å². The van der Waals surface area contributed by atoms with Gasteiger partial charge in [-0.15, -0.1) is 0 Å². The molecule has 0 spiro atoms. The monoisotopic (exact) mass is 181 g/mol. The van der Waals surface area contributed by atoms with Crippen molar-refractivity contribution in [3.8, 4) is 6.07 Å². The second-order valence-corrected chi connectivity index (χ2v) is 2.94. The van der Waals surface area contributed by atoms with Gasteiger partial charge >= 0.3 is 5.97 Å². The van der Waals surface area contributed by atoms with Gasteiger partial charge in [0.25, 0.3) is 0 Å². The molecule has 1 rings (SSSR count). The topological polar surface area (TPSA) is 70.3 Å². The first-order valence-electron chi connectivity index (χ1n) is 4.17. The number of aliphatic carboxylic acids is 1. The van der Waals surface area contributed by atoms with Crippen LogP contribution in [-0.4, -0.2) is 23.8 Å². The molecule has 1 aliphatic heterocycles. The molecule has 1 atom stereocenters. The van der Waals surface area contributed by atoms with E-state index in [1.165, 1.54) is 0 Å². The fourth-order valence-corrected chi connectivity index (χ4v) is 1.34. The van der Waals surface area contributed by atoms with Gasteiger partial charge in [-0.3, -0.25) is 0 Å². The van der Waals surface area contributed by atoms with Crippen LogP contribution in [0.4, 0.5) is 0 Å². The fraction of sp³-hybridized carbons (Fsp3) is 0.556. The van der Waals surface area contributed by atoms with E-state index < -0.39 is 5.97 Å². The highest BCUT2D eigenvalue weighted by molar-refractivity contribution is 5.87. The number of rotatable bonds is 3. The third-order valence-corrected chi connectivity index (χ3v) is 1.99. The molecule has 0 amide bonds. The molecule has 1 heterocycles. The van der Waals surface area contributed by atoms with E-state index in [1.807, 2.05) is 0 Å². The summed E-state index contributed by atoms with van der Waals surface area (Å²) >= 11 is 0. The van der Waals surface area contributed by atoms with E-state index in [4.69, 9.17) is 15.1 Å². The maximum atomic E-state index is 10.6. The molecule has 1 fully saturated rings. The van der Waals surface area contributed by atoms with Crippen molar-refractivity contribution in [2.45, 2.75) is 25.4 Å². The lowest BCUT2D eigenvalue weighted by Crippen LogP contribution is -2.11. The van der Waals surface area contributed by atoms with Gasteiger partial charge in [-0.05, 0) is 12.8 Å². The number of carbonyl (C=O) groups is 1. The van der Waals surface area contributed by atoms with Gasteiger partial charge in [-0.2, -0.15) is 5.26 Å². The Kier molecular flexibility index (Phi) is 3.47. The number of hydrogen-bond acceptors (Lipinski definition) is 3. The molecule has 0 bridgehead atoms. The molecule has 0 aromatic carbocycles. The summed E-state index contributed by atoms with van der Waals surface area (Å²) in [5.41, 5.74) is 0.134. The molecular formula is C9H11NO3. The average Bonchev–Trinajstić information content (AvgIpc) is 2.56. The number of nitriles is 1. The summed E-state index contributed by atoms with van der Waals surface area (Å²) < 4.78 is 5.27. The molecule has 0 aromatic rings. The van der Waals surface area contributed by atoms with E-state index in [1.54, 1.807) is 6.07 Å². The summed E-state index contributed by atoms with van der Waals surface area (Å²) in [6.45, 7) is 0.699. The van der Waals surface area contributed by atoms with Gasteiger partial charge < -0.3 is 9.84 Å². The van der Waals surface area contributed by atoms with Gasteiger partial charge in [-0.25, -0.2) is 4.79 Å². The number of ether oxygens (including phenoxy) is 1. The van der Waals surface area contributed by atoms with Crippen molar-refractivity contribution >= 4 is 5.97 Å². The van der Waals surface area contributed by atoms with Crippen LogP contribution in [0, 0.1) is 11.3 Å². The molecule has 70 valence electrons. The molecule has 1 saturated heterocycles. The Balaban J connectivity index is 2.53. The lowest BCUT2D eigenvalue weighted by molar-refractivity contribution is -0.133. The largest absolute Gasteiger partial charge is 0.478 e. The zero-order valence-electron chi connectivity index (χ0n) is 7.19. The number of hydrogen-bond donors (Lipinski definition) is 1. The first-order chi connectivity index (χ1) is 6.24. The minimum Gasteiger partial charge on any atom is -0.478 e. The van der Waals surface area contributed by atoms with E-state index in [0.717, 1.165) is 18.9 Å². The Hall–Kier alpha value is -1.34. The van der Waals surface area contributed by atoms with Crippen LogP contribution in [0.25, 0.3) is 0 Å². The van der Waals surface area contributed by atoms with Crippen molar-refractivity contribution in [1.29, 1.82) is 5.26 Å². The quantitative estimate of drug-likeness (QED) is 0.522. The van der Waals surface area contributed by atoms with Gasteiger partial charge in [0.2, 0.25) is 0 Å². The molecule has 0 aromatic heterocycles. The summed E-state index contributed by atoms with van der Waals surface area (Å²) in [4.78, 5) is 10.6. The molecule has 1 unspecified atom stereocenters.